The molecule has 0 unspecified atom stereocenters. The molecule has 0 amide bonds. The largest absolute Gasteiger partial charge is 0.372 e. The van der Waals surface area contributed by atoms with Crippen LogP contribution >= 0.6 is 0 Å². The van der Waals surface area contributed by atoms with Gasteiger partial charge in [-0.15, -0.1) is 0 Å². The molecule has 7 heteroatoms. The van der Waals surface area contributed by atoms with Gasteiger partial charge < -0.3 is 4.74 Å². The second-order valence-corrected chi connectivity index (χ2v) is 7.71. The van der Waals surface area contributed by atoms with Gasteiger partial charge in [0, 0.05) is 32.3 Å². The van der Waals surface area contributed by atoms with E-state index in [1.54, 1.807) is 10.9 Å². The summed E-state index contributed by atoms with van der Waals surface area (Å²) >= 11 is 0. The fourth-order valence-electron chi connectivity index (χ4n) is 2.76. The number of aryl methyl sites for hydroxylation is 1. The van der Waals surface area contributed by atoms with Crippen LogP contribution in [0.3, 0.4) is 0 Å². The first-order valence-electron chi connectivity index (χ1n) is 7.16. The van der Waals surface area contributed by atoms with Gasteiger partial charge in [0.15, 0.2) is 0 Å². The number of nitrogens with one attached hydrogen (secondary N) is 1. The molecule has 20 heavy (non-hydrogen) atoms. The van der Waals surface area contributed by atoms with Crippen LogP contribution in [-0.4, -0.2) is 36.6 Å². The summed E-state index contributed by atoms with van der Waals surface area (Å²) in [4.78, 5) is 0. The Bertz CT molecular complexity index is 565. The maximum atomic E-state index is 11.9. The molecule has 1 aliphatic carbocycles. The Hall–Kier alpha value is -0.920. The van der Waals surface area contributed by atoms with E-state index in [0.29, 0.717) is 6.54 Å². The highest BCUT2D eigenvalue weighted by Gasteiger charge is 2.37. The van der Waals surface area contributed by atoms with Gasteiger partial charge in [0.2, 0.25) is 10.0 Å². The molecular formula is C13H21N3O3S. The van der Waals surface area contributed by atoms with Crippen molar-refractivity contribution in [2.45, 2.75) is 37.0 Å². The van der Waals surface area contributed by atoms with E-state index in [4.69, 9.17) is 4.74 Å². The topological polar surface area (TPSA) is 73.2 Å². The lowest BCUT2D eigenvalue weighted by Gasteiger charge is -2.31. The van der Waals surface area contributed by atoms with E-state index in [-0.39, 0.29) is 17.3 Å². The van der Waals surface area contributed by atoms with Crippen molar-refractivity contribution >= 4 is 10.0 Å². The summed E-state index contributed by atoms with van der Waals surface area (Å²) in [7, 11) is -1.23. The number of nitrogens with zero attached hydrogens (tertiary/aromatic N) is 2. The minimum Gasteiger partial charge on any atom is -0.372 e. The minimum atomic E-state index is -3.12. The van der Waals surface area contributed by atoms with Gasteiger partial charge in [-0.25, -0.2) is 13.1 Å². The first-order valence-corrected chi connectivity index (χ1v) is 8.70. The fraction of sp³-hybridized carbons (Fsp3) is 0.769. The first kappa shape index (κ1) is 14.0. The zero-order valence-corrected chi connectivity index (χ0v) is 12.5. The normalized spacial score (nSPS) is 27.6. The molecule has 6 nitrogen and oxygen atoms in total. The van der Waals surface area contributed by atoms with Crippen molar-refractivity contribution in [2.24, 2.45) is 13.0 Å². The number of aromatic nitrogens is 2. The van der Waals surface area contributed by atoms with Crippen LogP contribution in [0.4, 0.5) is 0 Å². The van der Waals surface area contributed by atoms with E-state index in [2.05, 4.69) is 9.82 Å². The van der Waals surface area contributed by atoms with Crippen molar-refractivity contribution in [1.29, 1.82) is 0 Å². The van der Waals surface area contributed by atoms with E-state index < -0.39 is 10.0 Å². The molecule has 1 N–H and O–H groups in total. The third-order valence-corrected chi connectivity index (χ3v) is 6.02. The summed E-state index contributed by atoms with van der Waals surface area (Å²) in [6.45, 7) is 1.18. The molecule has 1 saturated heterocycles. The SMILES string of the molecule is Cn1nccc1[C@@H]1OCCC[C@H]1CNS(=O)(=O)C1CC1. The molecule has 1 aromatic heterocycles. The Morgan fingerprint density at radius 1 is 1.45 bits per heavy atom. The van der Waals surface area contributed by atoms with Gasteiger partial charge in [0.05, 0.1) is 10.9 Å². The summed E-state index contributed by atoms with van der Waals surface area (Å²) in [5.74, 6) is 0.174. The highest BCUT2D eigenvalue weighted by molar-refractivity contribution is 7.90. The molecule has 2 fully saturated rings. The van der Waals surface area contributed by atoms with Gasteiger partial charge in [-0.3, -0.25) is 4.68 Å². The van der Waals surface area contributed by atoms with Crippen LogP contribution in [-0.2, 0) is 21.8 Å². The number of hydrogen-bond donors (Lipinski definition) is 1. The fourth-order valence-corrected chi connectivity index (χ4v) is 4.20. The first-order chi connectivity index (χ1) is 9.58. The zero-order valence-electron chi connectivity index (χ0n) is 11.7. The molecule has 1 aromatic rings. The summed E-state index contributed by atoms with van der Waals surface area (Å²) in [6.07, 6.45) is 5.22. The van der Waals surface area contributed by atoms with Crippen LogP contribution in [0.5, 0.6) is 0 Å². The van der Waals surface area contributed by atoms with Gasteiger partial charge in [-0.1, -0.05) is 0 Å². The number of rotatable bonds is 5. The maximum Gasteiger partial charge on any atom is 0.214 e. The minimum absolute atomic E-state index is 0.0712. The molecule has 1 saturated carbocycles. The monoisotopic (exact) mass is 299 g/mol. The van der Waals surface area contributed by atoms with Crippen LogP contribution in [0, 0.1) is 5.92 Å². The van der Waals surface area contributed by atoms with E-state index in [9.17, 15) is 8.42 Å². The van der Waals surface area contributed by atoms with E-state index >= 15 is 0 Å². The molecule has 0 radical (unpaired) electrons. The molecule has 0 bridgehead atoms. The van der Waals surface area contributed by atoms with Crippen LogP contribution in [0.1, 0.15) is 37.5 Å². The van der Waals surface area contributed by atoms with Gasteiger partial charge in [-0.05, 0) is 31.7 Å². The molecule has 0 aromatic carbocycles. The van der Waals surface area contributed by atoms with E-state index in [1.807, 2.05) is 13.1 Å². The van der Waals surface area contributed by atoms with Crippen LogP contribution in [0.25, 0.3) is 0 Å². The lowest BCUT2D eigenvalue weighted by Crippen LogP contribution is -2.37. The smallest absolute Gasteiger partial charge is 0.214 e. The maximum absolute atomic E-state index is 11.9. The molecule has 2 aliphatic rings. The molecule has 2 heterocycles. The van der Waals surface area contributed by atoms with Gasteiger partial charge in [0.25, 0.3) is 0 Å². The summed E-state index contributed by atoms with van der Waals surface area (Å²) in [6, 6.07) is 1.94. The Morgan fingerprint density at radius 2 is 2.25 bits per heavy atom. The highest BCUT2D eigenvalue weighted by atomic mass is 32.2. The second-order valence-electron chi connectivity index (χ2n) is 5.67. The Morgan fingerprint density at radius 3 is 2.90 bits per heavy atom. The average Bonchev–Trinajstić information content (AvgIpc) is 3.21. The summed E-state index contributed by atoms with van der Waals surface area (Å²) < 4.78 is 34.3. The lowest BCUT2D eigenvalue weighted by molar-refractivity contribution is -0.0307. The number of hydrogen-bond acceptors (Lipinski definition) is 4. The molecule has 2 atom stereocenters. The van der Waals surface area contributed by atoms with Gasteiger partial charge >= 0.3 is 0 Å². The van der Waals surface area contributed by atoms with Crippen molar-refractivity contribution in [2.75, 3.05) is 13.2 Å². The highest BCUT2D eigenvalue weighted by Crippen LogP contribution is 2.34. The lowest BCUT2D eigenvalue weighted by atomic mass is 9.92. The number of ether oxygens (including phenoxy) is 1. The molecular weight excluding hydrogens is 278 g/mol. The molecule has 112 valence electrons. The average molecular weight is 299 g/mol. The van der Waals surface area contributed by atoms with E-state index in [1.165, 1.54) is 0 Å². The van der Waals surface area contributed by atoms with E-state index in [0.717, 1.165) is 38.0 Å². The predicted molar refractivity (Wildman–Crippen MR) is 74.6 cm³/mol. The van der Waals surface area contributed by atoms with Crippen molar-refractivity contribution < 1.29 is 13.2 Å². The van der Waals surface area contributed by atoms with Crippen LogP contribution in [0.15, 0.2) is 12.3 Å². The Labute approximate surface area is 119 Å². The molecule has 1 aliphatic heterocycles. The second kappa shape index (κ2) is 5.46. The third kappa shape index (κ3) is 2.89. The van der Waals surface area contributed by atoms with Crippen LogP contribution in [0.2, 0.25) is 0 Å². The van der Waals surface area contributed by atoms with Crippen molar-refractivity contribution in [3.63, 3.8) is 0 Å². The third-order valence-electron chi connectivity index (χ3n) is 4.11. The predicted octanol–water partition coefficient (Wildman–Crippen LogP) is 0.970. The quantitative estimate of drug-likeness (QED) is 0.879. The Kier molecular flexibility index (Phi) is 3.83. The van der Waals surface area contributed by atoms with Crippen LogP contribution < -0.4 is 4.72 Å². The Balaban J connectivity index is 1.68. The van der Waals surface area contributed by atoms with Gasteiger partial charge in [0.1, 0.15) is 6.10 Å². The molecule has 3 rings (SSSR count). The van der Waals surface area contributed by atoms with Gasteiger partial charge in [-0.2, -0.15) is 5.10 Å². The summed E-state index contributed by atoms with van der Waals surface area (Å²) in [5, 5.41) is 4.01. The van der Waals surface area contributed by atoms with Crippen molar-refractivity contribution in [1.82, 2.24) is 14.5 Å². The molecule has 0 spiro atoms. The number of sulfonamides is 1. The summed E-state index contributed by atoms with van der Waals surface area (Å²) in [5.41, 5.74) is 1.01. The van der Waals surface area contributed by atoms with Crippen molar-refractivity contribution in [3.8, 4) is 0 Å². The standard InChI is InChI=1S/C13H21N3O3S/c1-16-12(6-7-14-16)13-10(3-2-8-19-13)9-15-20(17,18)11-4-5-11/h6-7,10-11,13,15H,2-5,8-9H2,1H3/t10-,13+/m0/s1. The van der Waals surface area contributed by atoms with Crippen molar-refractivity contribution in [3.05, 3.63) is 18.0 Å². The zero-order chi connectivity index (χ0) is 14.2.